The molecule has 0 atom stereocenters. The average Bonchev–Trinajstić information content (AvgIpc) is 2.47. The first-order valence-corrected chi connectivity index (χ1v) is 6.76. The summed E-state index contributed by atoms with van der Waals surface area (Å²) >= 11 is 0. The van der Waals surface area contributed by atoms with Crippen LogP contribution in [0.2, 0.25) is 0 Å². The highest BCUT2D eigenvalue weighted by atomic mass is 16.2. The minimum atomic E-state index is -0.264. The Balaban J connectivity index is 1.81. The summed E-state index contributed by atoms with van der Waals surface area (Å²) in [5.41, 5.74) is 2.13. The van der Waals surface area contributed by atoms with E-state index < -0.39 is 0 Å². The van der Waals surface area contributed by atoms with E-state index in [0.29, 0.717) is 26.2 Å². The molecule has 102 valence electrons. The van der Waals surface area contributed by atoms with Crippen LogP contribution in [0.4, 0.5) is 4.79 Å². The topological polar surface area (TPSA) is 78.7 Å². The van der Waals surface area contributed by atoms with Crippen LogP contribution < -0.4 is 11.3 Å². The maximum Gasteiger partial charge on any atom is 0.331 e. The second-order valence-electron chi connectivity index (χ2n) is 5.10. The minimum absolute atomic E-state index is 0.216. The largest absolute Gasteiger partial charge is 0.339 e. The molecule has 0 aromatic carbocycles. The minimum Gasteiger partial charge on any atom is -0.339 e. The summed E-state index contributed by atoms with van der Waals surface area (Å²) in [6.07, 6.45) is 5.66. The number of urea groups is 1. The van der Waals surface area contributed by atoms with Gasteiger partial charge in [-0.1, -0.05) is 19.3 Å². The molecule has 3 N–H and O–H groups in total. The number of hydrazine groups is 1. The fourth-order valence-electron chi connectivity index (χ4n) is 2.83. The molecule has 0 bridgehead atoms. The first-order chi connectivity index (χ1) is 8.72. The van der Waals surface area contributed by atoms with E-state index in [-0.39, 0.29) is 17.9 Å². The van der Waals surface area contributed by atoms with Gasteiger partial charge in [-0.25, -0.2) is 10.6 Å². The molecular weight excluding hydrogens is 232 g/mol. The second kappa shape index (κ2) is 6.04. The van der Waals surface area contributed by atoms with Crippen molar-refractivity contribution in [2.45, 2.75) is 32.1 Å². The van der Waals surface area contributed by atoms with Crippen LogP contribution in [0, 0.1) is 5.92 Å². The summed E-state index contributed by atoms with van der Waals surface area (Å²) in [6.45, 7) is 2.40. The lowest BCUT2D eigenvalue weighted by Gasteiger charge is -2.36. The average molecular weight is 254 g/mol. The highest BCUT2D eigenvalue weighted by molar-refractivity contribution is 5.79. The zero-order valence-electron chi connectivity index (χ0n) is 10.7. The summed E-state index contributed by atoms with van der Waals surface area (Å²) in [5.74, 6) is 5.59. The lowest BCUT2D eigenvalue weighted by Crippen LogP contribution is -2.55. The van der Waals surface area contributed by atoms with Crippen LogP contribution in [-0.2, 0) is 4.79 Å². The zero-order valence-corrected chi connectivity index (χ0v) is 10.7. The maximum absolute atomic E-state index is 12.3. The third-order valence-corrected chi connectivity index (χ3v) is 3.96. The van der Waals surface area contributed by atoms with Crippen molar-refractivity contribution in [2.75, 3.05) is 26.2 Å². The number of hydrogen-bond donors (Lipinski definition) is 2. The Bertz CT molecular complexity index is 307. The van der Waals surface area contributed by atoms with Crippen molar-refractivity contribution in [3.05, 3.63) is 0 Å². The van der Waals surface area contributed by atoms with Crippen LogP contribution in [-0.4, -0.2) is 47.9 Å². The molecule has 0 spiro atoms. The predicted octanol–water partition coefficient (Wildman–Crippen LogP) is 0.294. The number of hydrogen-bond acceptors (Lipinski definition) is 3. The number of amides is 3. The van der Waals surface area contributed by atoms with Crippen molar-refractivity contribution in [3.63, 3.8) is 0 Å². The van der Waals surface area contributed by atoms with Gasteiger partial charge in [0.15, 0.2) is 0 Å². The molecular formula is C12H22N4O2. The second-order valence-corrected chi connectivity index (χ2v) is 5.10. The Morgan fingerprint density at radius 2 is 1.50 bits per heavy atom. The van der Waals surface area contributed by atoms with Crippen LogP contribution in [0.1, 0.15) is 32.1 Å². The van der Waals surface area contributed by atoms with Crippen molar-refractivity contribution < 1.29 is 9.59 Å². The molecule has 1 heterocycles. The van der Waals surface area contributed by atoms with E-state index in [4.69, 9.17) is 5.84 Å². The van der Waals surface area contributed by atoms with Gasteiger partial charge in [-0.2, -0.15) is 0 Å². The van der Waals surface area contributed by atoms with Gasteiger partial charge in [-0.15, -0.1) is 0 Å². The normalized spacial score (nSPS) is 21.8. The zero-order chi connectivity index (χ0) is 13.0. The molecule has 2 aliphatic rings. The quantitative estimate of drug-likeness (QED) is 0.401. The Hall–Kier alpha value is -1.30. The number of nitrogens with zero attached hydrogens (tertiary/aromatic N) is 2. The molecule has 6 nitrogen and oxygen atoms in total. The van der Waals surface area contributed by atoms with Crippen molar-refractivity contribution in [3.8, 4) is 0 Å². The van der Waals surface area contributed by atoms with Gasteiger partial charge >= 0.3 is 6.03 Å². The van der Waals surface area contributed by atoms with Crippen LogP contribution in [0.25, 0.3) is 0 Å². The van der Waals surface area contributed by atoms with Crippen LogP contribution in [0.15, 0.2) is 0 Å². The Morgan fingerprint density at radius 3 is 2.06 bits per heavy atom. The Morgan fingerprint density at radius 1 is 0.944 bits per heavy atom. The van der Waals surface area contributed by atoms with Crippen LogP contribution in [0.3, 0.4) is 0 Å². The van der Waals surface area contributed by atoms with Gasteiger partial charge in [0, 0.05) is 32.1 Å². The Labute approximate surface area is 107 Å². The third kappa shape index (κ3) is 2.93. The van der Waals surface area contributed by atoms with Crippen LogP contribution >= 0.6 is 0 Å². The molecule has 0 unspecified atom stereocenters. The molecule has 3 amide bonds. The molecule has 0 radical (unpaired) electrons. The highest BCUT2D eigenvalue weighted by Gasteiger charge is 2.29. The van der Waals surface area contributed by atoms with Crippen molar-refractivity contribution >= 4 is 11.9 Å². The molecule has 2 rings (SSSR count). The smallest absolute Gasteiger partial charge is 0.331 e. The molecule has 1 aliphatic heterocycles. The van der Waals surface area contributed by atoms with Gasteiger partial charge in [0.25, 0.3) is 0 Å². The van der Waals surface area contributed by atoms with Gasteiger partial charge < -0.3 is 9.80 Å². The Kier molecular flexibility index (Phi) is 4.41. The molecule has 1 aliphatic carbocycles. The summed E-state index contributed by atoms with van der Waals surface area (Å²) in [4.78, 5) is 27.2. The SMILES string of the molecule is NNC(=O)N1CCN(C(=O)C2CCCCC2)CC1. The number of carbonyl (C=O) groups excluding carboxylic acids is 2. The summed E-state index contributed by atoms with van der Waals surface area (Å²) < 4.78 is 0. The first kappa shape index (κ1) is 13.1. The van der Waals surface area contributed by atoms with Gasteiger partial charge in [-0.05, 0) is 12.8 Å². The standard InChI is InChI=1S/C12H22N4O2/c13-14-12(18)16-8-6-15(7-9-16)11(17)10-4-2-1-3-5-10/h10H,1-9,13H2,(H,14,18). The number of piperazine rings is 1. The number of rotatable bonds is 1. The van der Waals surface area contributed by atoms with E-state index in [2.05, 4.69) is 5.43 Å². The maximum atomic E-state index is 12.3. The van der Waals surface area contributed by atoms with Crippen molar-refractivity contribution in [1.82, 2.24) is 15.2 Å². The number of nitrogens with two attached hydrogens (primary N) is 1. The molecule has 1 saturated heterocycles. The van der Waals surface area contributed by atoms with E-state index in [1.165, 1.54) is 19.3 Å². The van der Waals surface area contributed by atoms with E-state index in [0.717, 1.165) is 12.8 Å². The highest BCUT2D eigenvalue weighted by Crippen LogP contribution is 2.25. The lowest BCUT2D eigenvalue weighted by atomic mass is 9.88. The van der Waals surface area contributed by atoms with E-state index in [1.807, 2.05) is 4.90 Å². The summed E-state index contributed by atoms with van der Waals surface area (Å²) in [6, 6.07) is -0.264. The van der Waals surface area contributed by atoms with E-state index in [9.17, 15) is 9.59 Å². The number of carbonyl (C=O) groups is 2. The van der Waals surface area contributed by atoms with Gasteiger partial charge in [0.1, 0.15) is 0 Å². The molecule has 0 aromatic rings. The van der Waals surface area contributed by atoms with Gasteiger partial charge in [-0.3, -0.25) is 10.2 Å². The van der Waals surface area contributed by atoms with Crippen molar-refractivity contribution in [1.29, 1.82) is 0 Å². The summed E-state index contributed by atoms with van der Waals surface area (Å²) in [7, 11) is 0. The molecule has 18 heavy (non-hydrogen) atoms. The van der Waals surface area contributed by atoms with Gasteiger partial charge in [0.2, 0.25) is 5.91 Å². The monoisotopic (exact) mass is 254 g/mol. The van der Waals surface area contributed by atoms with Gasteiger partial charge in [0.05, 0.1) is 0 Å². The molecule has 2 fully saturated rings. The molecule has 1 saturated carbocycles. The van der Waals surface area contributed by atoms with Crippen molar-refractivity contribution in [2.24, 2.45) is 11.8 Å². The first-order valence-electron chi connectivity index (χ1n) is 6.76. The summed E-state index contributed by atoms with van der Waals surface area (Å²) in [5, 5.41) is 0. The lowest BCUT2D eigenvalue weighted by molar-refractivity contribution is -0.138. The molecule has 6 heteroatoms. The fraction of sp³-hybridized carbons (Fsp3) is 0.833. The van der Waals surface area contributed by atoms with E-state index in [1.54, 1.807) is 4.90 Å². The number of nitrogens with one attached hydrogen (secondary N) is 1. The third-order valence-electron chi connectivity index (χ3n) is 3.96. The van der Waals surface area contributed by atoms with Crippen LogP contribution in [0.5, 0.6) is 0 Å². The predicted molar refractivity (Wildman–Crippen MR) is 67.4 cm³/mol. The van der Waals surface area contributed by atoms with E-state index >= 15 is 0 Å². The molecule has 0 aromatic heterocycles. The fourth-order valence-corrected chi connectivity index (χ4v) is 2.83.